The van der Waals surface area contributed by atoms with E-state index in [1.165, 1.54) is 42.6 Å². The number of amides is 1. The molecule has 2 saturated carbocycles. The maximum absolute atomic E-state index is 12.4. The number of carbonyl (C=O) groups excluding carboxylic acids is 1. The van der Waals surface area contributed by atoms with Crippen LogP contribution in [0.15, 0.2) is 78.0 Å². The molecular weight excluding hydrogens is 450 g/mol. The Morgan fingerprint density at radius 2 is 1.71 bits per heavy atom. The largest absolute Gasteiger partial charge is 0.321 e. The predicted octanol–water partition coefficient (Wildman–Crippen LogP) is 7.23. The molecule has 2 aliphatic carbocycles. The van der Waals surface area contributed by atoms with Crippen LogP contribution in [-0.2, 0) is 12.0 Å². The van der Waals surface area contributed by atoms with Crippen molar-refractivity contribution < 1.29 is 4.79 Å². The lowest BCUT2D eigenvalue weighted by atomic mass is 9.58. The Morgan fingerprint density at radius 1 is 1.00 bits per heavy atom. The second-order valence-corrected chi connectivity index (χ2v) is 11.8. The smallest absolute Gasteiger partial charge is 0.255 e. The standard InChI is InChI=1S/C30H35N3OS/c1-21-14-23-16-24(15-21)18-30(2,17-23)26-9-11-28(12-10-26)35-32-19-22-5-7-25(8-6-22)29(34)33-27-4-3-13-31-20-27/h3-13,20-21,23-24,32H,14-19H2,1-2H3,(H,33,34). The van der Waals surface area contributed by atoms with Gasteiger partial charge in [0.1, 0.15) is 0 Å². The van der Waals surface area contributed by atoms with E-state index in [1.807, 2.05) is 30.3 Å². The van der Waals surface area contributed by atoms with Crippen molar-refractivity contribution in [3.05, 3.63) is 89.7 Å². The average molecular weight is 486 g/mol. The number of fused-ring (bicyclic) bond motifs is 2. The molecule has 35 heavy (non-hydrogen) atoms. The van der Waals surface area contributed by atoms with Gasteiger partial charge in [0.15, 0.2) is 0 Å². The number of aromatic nitrogens is 1. The highest BCUT2D eigenvalue weighted by atomic mass is 32.2. The number of pyridine rings is 1. The third kappa shape index (κ3) is 5.96. The first kappa shape index (κ1) is 24.1. The molecule has 2 aromatic carbocycles. The summed E-state index contributed by atoms with van der Waals surface area (Å²) < 4.78 is 3.46. The molecule has 3 aromatic rings. The predicted molar refractivity (Wildman–Crippen MR) is 144 cm³/mol. The zero-order valence-electron chi connectivity index (χ0n) is 20.7. The summed E-state index contributed by atoms with van der Waals surface area (Å²) in [5.41, 5.74) is 4.31. The summed E-state index contributed by atoms with van der Waals surface area (Å²) in [6.45, 7) is 5.66. The van der Waals surface area contributed by atoms with Crippen molar-refractivity contribution in [2.24, 2.45) is 17.8 Å². The third-order valence-corrected chi connectivity index (χ3v) is 8.57. The Balaban J connectivity index is 1.11. The van der Waals surface area contributed by atoms with E-state index in [0.29, 0.717) is 16.7 Å². The fourth-order valence-electron chi connectivity index (χ4n) is 6.37. The van der Waals surface area contributed by atoms with Crippen LogP contribution in [0.4, 0.5) is 5.69 Å². The van der Waals surface area contributed by atoms with Crippen LogP contribution in [-0.4, -0.2) is 10.9 Å². The molecule has 182 valence electrons. The normalized spacial score (nSPS) is 25.7. The summed E-state index contributed by atoms with van der Waals surface area (Å²) in [6, 6.07) is 20.6. The van der Waals surface area contributed by atoms with Crippen LogP contribution in [0.1, 0.15) is 67.4 Å². The van der Waals surface area contributed by atoms with E-state index in [-0.39, 0.29) is 5.91 Å². The molecule has 0 saturated heterocycles. The van der Waals surface area contributed by atoms with Crippen LogP contribution < -0.4 is 10.0 Å². The molecule has 2 unspecified atom stereocenters. The van der Waals surface area contributed by atoms with Crippen molar-refractivity contribution >= 4 is 23.5 Å². The van der Waals surface area contributed by atoms with Crippen LogP contribution in [0.2, 0.25) is 0 Å². The second-order valence-electron chi connectivity index (χ2n) is 10.9. The molecule has 2 aliphatic rings. The van der Waals surface area contributed by atoms with Crippen molar-refractivity contribution in [3.63, 3.8) is 0 Å². The van der Waals surface area contributed by atoms with Crippen LogP contribution in [0, 0.1) is 17.8 Å². The lowest BCUT2D eigenvalue weighted by Crippen LogP contribution is -2.38. The highest BCUT2D eigenvalue weighted by Crippen LogP contribution is 2.51. The number of nitrogens with one attached hydrogen (secondary N) is 2. The highest BCUT2D eigenvalue weighted by Gasteiger charge is 2.41. The number of anilines is 1. The van der Waals surface area contributed by atoms with Crippen molar-refractivity contribution in [1.82, 2.24) is 9.71 Å². The molecule has 1 aromatic heterocycles. The Morgan fingerprint density at radius 3 is 2.37 bits per heavy atom. The van der Waals surface area contributed by atoms with Gasteiger partial charge in [-0.2, -0.15) is 0 Å². The number of benzene rings is 2. The number of rotatable bonds is 7. The van der Waals surface area contributed by atoms with Gasteiger partial charge < -0.3 is 5.32 Å². The van der Waals surface area contributed by atoms with E-state index in [9.17, 15) is 4.79 Å². The zero-order valence-corrected chi connectivity index (χ0v) is 21.5. The van der Waals surface area contributed by atoms with Gasteiger partial charge in [0, 0.05) is 23.2 Å². The number of hydrogen-bond acceptors (Lipinski definition) is 4. The van der Waals surface area contributed by atoms with E-state index in [0.717, 1.165) is 29.9 Å². The number of carbonyl (C=O) groups is 1. The Kier molecular flexibility index (Phi) is 7.26. The van der Waals surface area contributed by atoms with Gasteiger partial charge in [0.25, 0.3) is 5.91 Å². The first-order valence-electron chi connectivity index (χ1n) is 12.8. The first-order chi connectivity index (χ1) is 17.0. The summed E-state index contributed by atoms with van der Waals surface area (Å²) in [6.07, 6.45) is 10.3. The summed E-state index contributed by atoms with van der Waals surface area (Å²) in [5.74, 6) is 2.60. The van der Waals surface area contributed by atoms with Gasteiger partial charge in [-0.15, -0.1) is 0 Å². The molecule has 5 heteroatoms. The minimum absolute atomic E-state index is 0.128. The SMILES string of the molecule is CC1CC2CC(C1)CC(C)(c1ccc(SNCc3ccc(C(=O)Nc4cccnc4)cc3)cc1)C2. The van der Waals surface area contributed by atoms with Gasteiger partial charge in [0.2, 0.25) is 0 Å². The summed E-state index contributed by atoms with van der Waals surface area (Å²) in [5, 5.41) is 2.87. The van der Waals surface area contributed by atoms with Crippen LogP contribution in [0.25, 0.3) is 0 Å². The second kappa shape index (κ2) is 10.5. The van der Waals surface area contributed by atoms with Gasteiger partial charge in [-0.25, -0.2) is 0 Å². The minimum atomic E-state index is -0.128. The van der Waals surface area contributed by atoms with Gasteiger partial charge >= 0.3 is 0 Å². The lowest BCUT2D eigenvalue weighted by Gasteiger charge is -2.47. The maximum Gasteiger partial charge on any atom is 0.255 e. The quantitative estimate of drug-likeness (QED) is 0.347. The molecule has 2 atom stereocenters. The van der Waals surface area contributed by atoms with Gasteiger partial charge in [-0.3, -0.25) is 14.5 Å². The van der Waals surface area contributed by atoms with Crippen LogP contribution in [0.3, 0.4) is 0 Å². The molecule has 0 aliphatic heterocycles. The van der Waals surface area contributed by atoms with Crippen LogP contribution in [0.5, 0.6) is 0 Å². The number of hydrogen-bond donors (Lipinski definition) is 2. The first-order valence-corrected chi connectivity index (χ1v) is 13.6. The van der Waals surface area contributed by atoms with Crippen molar-refractivity contribution in [2.75, 3.05) is 5.32 Å². The van der Waals surface area contributed by atoms with E-state index in [4.69, 9.17) is 0 Å². The number of nitrogens with zero attached hydrogens (tertiary/aromatic N) is 1. The zero-order chi connectivity index (χ0) is 24.3. The van der Waals surface area contributed by atoms with Gasteiger partial charge in [0.05, 0.1) is 11.9 Å². The monoisotopic (exact) mass is 485 g/mol. The molecule has 2 N–H and O–H groups in total. The Hall–Kier alpha value is -2.63. The van der Waals surface area contributed by atoms with E-state index in [1.54, 1.807) is 30.4 Å². The van der Waals surface area contributed by atoms with E-state index < -0.39 is 0 Å². The van der Waals surface area contributed by atoms with Crippen molar-refractivity contribution in [2.45, 2.75) is 62.8 Å². The molecule has 1 amide bonds. The molecule has 2 bridgehead atoms. The van der Waals surface area contributed by atoms with Gasteiger partial charge in [-0.05, 0) is 115 Å². The van der Waals surface area contributed by atoms with E-state index in [2.05, 4.69) is 53.1 Å². The average Bonchev–Trinajstić information content (AvgIpc) is 2.84. The Bertz CT molecular complexity index is 1110. The van der Waals surface area contributed by atoms with Gasteiger partial charge in [-0.1, -0.05) is 38.1 Å². The minimum Gasteiger partial charge on any atom is -0.321 e. The van der Waals surface area contributed by atoms with E-state index >= 15 is 0 Å². The molecular formula is C30H35N3OS. The van der Waals surface area contributed by atoms with Crippen LogP contribution >= 0.6 is 11.9 Å². The fourth-order valence-corrected chi connectivity index (χ4v) is 7.04. The lowest BCUT2D eigenvalue weighted by molar-refractivity contribution is 0.0898. The summed E-state index contributed by atoms with van der Waals surface area (Å²) >= 11 is 1.66. The molecule has 1 heterocycles. The molecule has 5 rings (SSSR count). The Labute approximate surface area is 213 Å². The topological polar surface area (TPSA) is 54.0 Å². The summed E-state index contributed by atoms with van der Waals surface area (Å²) in [4.78, 5) is 17.7. The van der Waals surface area contributed by atoms with Crippen molar-refractivity contribution in [1.29, 1.82) is 0 Å². The summed E-state index contributed by atoms with van der Waals surface area (Å²) in [7, 11) is 0. The molecule has 0 radical (unpaired) electrons. The molecule has 4 nitrogen and oxygen atoms in total. The fraction of sp³-hybridized carbons (Fsp3) is 0.400. The molecule has 0 spiro atoms. The third-order valence-electron chi connectivity index (χ3n) is 7.77. The van der Waals surface area contributed by atoms with Crippen molar-refractivity contribution in [3.8, 4) is 0 Å². The highest BCUT2D eigenvalue weighted by molar-refractivity contribution is 7.97. The molecule has 2 fully saturated rings. The maximum atomic E-state index is 12.4.